The van der Waals surface area contributed by atoms with Crippen LogP contribution in [-0.4, -0.2) is 59.5 Å². The molecule has 3 aromatic rings. The first-order chi connectivity index (χ1) is 15.6. The zero-order valence-electron chi connectivity index (χ0n) is 18.7. The quantitative estimate of drug-likeness (QED) is 0.566. The fourth-order valence-corrected chi connectivity index (χ4v) is 3.80. The smallest absolute Gasteiger partial charge is 0.274 e. The Bertz CT molecular complexity index is 1060. The van der Waals surface area contributed by atoms with E-state index >= 15 is 0 Å². The molecule has 3 heterocycles. The Morgan fingerprint density at radius 2 is 2.06 bits per heavy atom. The highest BCUT2D eigenvalue weighted by Gasteiger charge is 2.28. The van der Waals surface area contributed by atoms with Gasteiger partial charge in [-0.15, -0.1) is 0 Å². The van der Waals surface area contributed by atoms with E-state index in [4.69, 9.17) is 14.2 Å². The predicted octanol–water partition coefficient (Wildman–Crippen LogP) is 3.12. The summed E-state index contributed by atoms with van der Waals surface area (Å²) in [5.74, 6) is 1.52. The van der Waals surface area contributed by atoms with Crippen LogP contribution in [-0.2, 0) is 17.7 Å². The van der Waals surface area contributed by atoms with Crippen molar-refractivity contribution in [3.05, 3.63) is 71.3 Å². The second-order valence-electron chi connectivity index (χ2n) is 7.61. The topological polar surface area (TPSA) is 78.7 Å². The van der Waals surface area contributed by atoms with Crippen LogP contribution in [0.25, 0.3) is 0 Å². The van der Waals surface area contributed by atoms with Gasteiger partial charge in [-0.25, -0.2) is 0 Å². The Kier molecular flexibility index (Phi) is 6.70. The lowest BCUT2D eigenvalue weighted by molar-refractivity contribution is -0.0249. The number of rotatable bonds is 7. The minimum absolute atomic E-state index is 0.0766. The van der Waals surface area contributed by atoms with Gasteiger partial charge in [0.15, 0.2) is 0 Å². The van der Waals surface area contributed by atoms with Crippen molar-refractivity contribution in [1.29, 1.82) is 0 Å². The third kappa shape index (κ3) is 4.75. The summed E-state index contributed by atoms with van der Waals surface area (Å²) in [6, 6.07) is 11.5. The van der Waals surface area contributed by atoms with Gasteiger partial charge >= 0.3 is 0 Å². The first-order valence-corrected chi connectivity index (χ1v) is 10.7. The third-order valence-corrected chi connectivity index (χ3v) is 5.60. The number of amides is 1. The summed E-state index contributed by atoms with van der Waals surface area (Å²) in [5.41, 5.74) is 3.35. The summed E-state index contributed by atoms with van der Waals surface area (Å²) >= 11 is 0. The second-order valence-corrected chi connectivity index (χ2v) is 7.61. The van der Waals surface area contributed by atoms with Crippen molar-refractivity contribution in [1.82, 2.24) is 19.7 Å². The average molecular weight is 437 g/mol. The van der Waals surface area contributed by atoms with Crippen molar-refractivity contribution >= 4 is 5.91 Å². The van der Waals surface area contributed by atoms with Crippen LogP contribution in [0, 0.1) is 0 Å². The first kappa shape index (κ1) is 21.8. The van der Waals surface area contributed by atoms with Crippen LogP contribution in [0.4, 0.5) is 0 Å². The normalized spacial score (nSPS) is 16.1. The lowest BCUT2D eigenvalue weighted by atomic mass is 10.0. The Morgan fingerprint density at radius 1 is 1.19 bits per heavy atom. The molecule has 1 amide bonds. The van der Waals surface area contributed by atoms with Gasteiger partial charge in [0.1, 0.15) is 23.3 Å². The molecule has 0 N–H and O–H groups in total. The summed E-state index contributed by atoms with van der Waals surface area (Å²) in [5, 5.41) is 4.33. The van der Waals surface area contributed by atoms with E-state index in [0.717, 1.165) is 34.9 Å². The van der Waals surface area contributed by atoms with Crippen LogP contribution in [0.1, 0.15) is 40.3 Å². The fourth-order valence-electron chi connectivity index (χ4n) is 3.80. The number of aromatic nitrogens is 3. The van der Waals surface area contributed by atoms with Crippen molar-refractivity contribution in [2.24, 2.45) is 0 Å². The zero-order valence-corrected chi connectivity index (χ0v) is 18.7. The molecule has 1 atom stereocenters. The Labute approximate surface area is 187 Å². The zero-order chi connectivity index (χ0) is 22.5. The number of hydrogen-bond donors (Lipinski definition) is 0. The van der Waals surface area contributed by atoms with Crippen LogP contribution in [0.3, 0.4) is 0 Å². The van der Waals surface area contributed by atoms with E-state index in [1.165, 1.54) is 0 Å². The molecule has 1 aliphatic rings. The van der Waals surface area contributed by atoms with Gasteiger partial charge in [-0.1, -0.05) is 6.07 Å². The highest BCUT2D eigenvalue weighted by atomic mass is 16.5. The molecule has 2 aromatic heterocycles. The summed E-state index contributed by atoms with van der Waals surface area (Å²) in [4.78, 5) is 19.2. The van der Waals surface area contributed by atoms with Crippen LogP contribution in [0.15, 0.2) is 48.8 Å². The molecule has 0 aliphatic carbocycles. The van der Waals surface area contributed by atoms with E-state index in [1.807, 2.05) is 49.6 Å². The summed E-state index contributed by atoms with van der Waals surface area (Å²) in [6.07, 6.45) is 4.08. The van der Waals surface area contributed by atoms with Gasteiger partial charge in [-0.2, -0.15) is 5.10 Å². The van der Waals surface area contributed by atoms with Crippen molar-refractivity contribution in [3.8, 4) is 11.5 Å². The van der Waals surface area contributed by atoms with E-state index in [2.05, 4.69) is 10.1 Å². The van der Waals surface area contributed by atoms with Crippen LogP contribution < -0.4 is 9.47 Å². The molecular formula is C24H28N4O4. The molecule has 0 radical (unpaired) electrons. The molecule has 0 spiro atoms. The van der Waals surface area contributed by atoms with E-state index in [0.29, 0.717) is 31.8 Å². The molecule has 168 valence electrons. The number of carbonyl (C=O) groups excluding carboxylic acids is 1. The molecule has 0 unspecified atom stereocenters. The number of morpholine rings is 1. The molecule has 0 saturated carbocycles. The monoisotopic (exact) mass is 436 g/mol. The van der Waals surface area contributed by atoms with Crippen LogP contribution in [0.5, 0.6) is 11.5 Å². The highest BCUT2D eigenvalue weighted by molar-refractivity contribution is 5.92. The lowest BCUT2D eigenvalue weighted by Gasteiger charge is -2.32. The van der Waals surface area contributed by atoms with E-state index in [-0.39, 0.29) is 12.0 Å². The number of nitrogens with zero attached hydrogens (tertiary/aromatic N) is 4. The molecule has 0 bridgehead atoms. The van der Waals surface area contributed by atoms with Crippen molar-refractivity contribution < 1.29 is 19.0 Å². The van der Waals surface area contributed by atoms with E-state index in [9.17, 15) is 4.79 Å². The van der Waals surface area contributed by atoms with Gasteiger partial charge in [0.05, 0.1) is 33.1 Å². The maximum absolute atomic E-state index is 12.8. The minimum atomic E-state index is -0.263. The van der Waals surface area contributed by atoms with E-state index in [1.54, 1.807) is 29.9 Å². The third-order valence-electron chi connectivity index (χ3n) is 5.60. The Balaban J connectivity index is 1.44. The summed E-state index contributed by atoms with van der Waals surface area (Å²) < 4.78 is 18.5. The fraction of sp³-hybridized carbons (Fsp3) is 0.375. The first-order valence-electron chi connectivity index (χ1n) is 10.7. The number of carbonyl (C=O) groups is 1. The van der Waals surface area contributed by atoms with Crippen LogP contribution >= 0.6 is 0 Å². The predicted molar refractivity (Wildman–Crippen MR) is 119 cm³/mol. The summed E-state index contributed by atoms with van der Waals surface area (Å²) in [7, 11) is 3.31. The summed E-state index contributed by atoms with van der Waals surface area (Å²) in [6.45, 7) is 4.19. The standard InChI is InChI=1S/C24H28N4O4/c1-4-28-10-9-21(26-28)24(29)27-11-12-32-23(16-27)20-7-5-17(15-25-20)13-18-14-19(30-2)6-8-22(18)31-3/h5-10,14-15,23H,4,11-13,16H2,1-3H3/t23-/m1/s1. The SMILES string of the molecule is CCn1ccc(C(=O)N2CCO[C@@H](c3ccc(Cc4cc(OC)ccc4OC)cn3)C2)n1. The molecule has 4 rings (SSSR count). The maximum Gasteiger partial charge on any atom is 0.274 e. The van der Waals surface area contributed by atoms with Gasteiger partial charge in [0.25, 0.3) is 5.91 Å². The number of benzene rings is 1. The molecule has 1 aliphatic heterocycles. The van der Waals surface area contributed by atoms with E-state index < -0.39 is 0 Å². The Hall–Kier alpha value is -3.39. The molecule has 1 aromatic carbocycles. The van der Waals surface area contributed by atoms with Crippen molar-refractivity contribution in [2.45, 2.75) is 26.0 Å². The van der Waals surface area contributed by atoms with Crippen molar-refractivity contribution in [2.75, 3.05) is 33.9 Å². The molecule has 8 heteroatoms. The molecule has 1 fully saturated rings. The molecule has 32 heavy (non-hydrogen) atoms. The van der Waals surface area contributed by atoms with Crippen molar-refractivity contribution in [3.63, 3.8) is 0 Å². The number of aryl methyl sites for hydroxylation is 1. The molecule has 8 nitrogen and oxygen atoms in total. The van der Waals surface area contributed by atoms with Gasteiger partial charge in [0, 0.05) is 37.5 Å². The number of methoxy groups -OCH3 is 2. The number of pyridine rings is 1. The lowest BCUT2D eigenvalue weighted by Crippen LogP contribution is -2.42. The minimum Gasteiger partial charge on any atom is -0.497 e. The molecular weight excluding hydrogens is 408 g/mol. The van der Waals surface area contributed by atoms with Gasteiger partial charge < -0.3 is 19.1 Å². The molecule has 1 saturated heterocycles. The second kappa shape index (κ2) is 9.82. The largest absolute Gasteiger partial charge is 0.497 e. The van der Waals surface area contributed by atoms with Crippen LogP contribution in [0.2, 0.25) is 0 Å². The van der Waals surface area contributed by atoms with Gasteiger partial charge in [-0.3, -0.25) is 14.5 Å². The number of ether oxygens (including phenoxy) is 3. The highest BCUT2D eigenvalue weighted by Crippen LogP contribution is 2.27. The number of hydrogen-bond acceptors (Lipinski definition) is 6. The van der Waals surface area contributed by atoms with Gasteiger partial charge in [0.2, 0.25) is 0 Å². The maximum atomic E-state index is 12.8. The average Bonchev–Trinajstić information content (AvgIpc) is 3.33. The van der Waals surface area contributed by atoms with Gasteiger partial charge in [-0.05, 0) is 42.8 Å². The Morgan fingerprint density at radius 3 is 2.75 bits per heavy atom.